The van der Waals surface area contributed by atoms with Crippen molar-refractivity contribution >= 4 is 11.9 Å². The molecule has 0 spiro atoms. The first-order valence-electron chi connectivity index (χ1n) is 13.3. The van der Waals surface area contributed by atoms with Gasteiger partial charge in [-0.3, -0.25) is 4.79 Å². The monoisotopic (exact) mass is 489 g/mol. The molecule has 0 heterocycles. The van der Waals surface area contributed by atoms with Gasteiger partial charge < -0.3 is 25.4 Å². The number of aliphatic hydroxyl groups is 2. The van der Waals surface area contributed by atoms with Gasteiger partial charge in [0, 0.05) is 0 Å². The van der Waals surface area contributed by atoms with Crippen LogP contribution in [-0.2, 0) is 27.2 Å². The standard InChI is InChI=1S/C28H43NO6/c1-4-5-6-9-20(30)11-12-21-22-13-18-8-7-10-25(23(18)14-19(22)15-24(21)31)34-16-26(32)35-27(17(2)3)28(29)33/h7-8,10,17,19-22,24,27,30-31H,4-6,9,11-16H2,1-3H3,(H2,29,33). The van der Waals surface area contributed by atoms with E-state index in [0.717, 1.165) is 63.4 Å². The van der Waals surface area contributed by atoms with Gasteiger partial charge in [-0.05, 0) is 79.4 Å². The average Bonchev–Trinajstić information content (AvgIpc) is 3.11. The molecule has 1 fully saturated rings. The molecule has 0 aromatic heterocycles. The Balaban J connectivity index is 1.59. The van der Waals surface area contributed by atoms with E-state index in [4.69, 9.17) is 15.2 Å². The molecular formula is C28H43NO6. The van der Waals surface area contributed by atoms with Gasteiger partial charge in [0.25, 0.3) is 5.91 Å². The highest BCUT2D eigenvalue weighted by Crippen LogP contribution is 2.48. The Hall–Kier alpha value is -2.12. The lowest BCUT2D eigenvalue weighted by atomic mass is 9.73. The number of carbonyl (C=O) groups is 2. The van der Waals surface area contributed by atoms with E-state index in [2.05, 4.69) is 13.0 Å². The Morgan fingerprint density at radius 2 is 1.94 bits per heavy atom. The first-order chi connectivity index (χ1) is 16.7. The van der Waals surface area contributed by atoms with Crippen molar-refractivity contribution in [3.8, 4) is 5.75 Å². The fourth-order valence-electron chi connectivity index (χ4n) is 5.93. The number of carbonyl (C=O) groups excluding carboxylic acids is 2. The van der Waals surface area contributed by atoms with Crippen molar-refractivity contribution in [1.29, 1.82) is 0 Å². The number of nitrogens with two attached hydrogens (primary N) is 1. The molecule has 1 saturated carbocycles. The molecule has 196 valence electrons. The number of esters is 1. The average molecular weight is 490 g/mol. The van der Waals surface area contributed by atoms with Gasteiger partial charge in [0.05, 0.1) is 12.2 Å². The molecule has 6 unspecified atom stereocenters. The summed E-state index contributed by atoms with van der Waals surface area (Å²) >= 11 is 0. The van der Waals surface area contributed by atoms with E-state index in [0.29, 0.717) is 17.6 Å². The van der Waals surface area contributed by atoms with E-state index in [-0.39, 0.29) is 30.7 Å². The van der Waals surface area contributed by atoms with Crippen LogP contribution < -0.4 is 10.5 Å². The number of fused-ring (bicyclic) bond motifs is 2. The summed E-state index contributed by atoms with van der Waals surface area (Å²) in [5.74, 6) is 0.108. The Bertz CT molecular complexity index is 856. The van der Waals surface area contributed by atoms with Crippen LogP contribution in [-0.4, -0.2) is 47.0 Å². The van der Waals surface area contributed by atoms with Gasteiger partial charge in [-0.2, -0.15) is 0 Å². The lowest BCUT2D eigenvalue weighted by Gasteiger charge is -2.32. The number of primary amides is 1. The zero-order chi connectivity index (χ0) is 25.5. The number of ether oxygens (including phenoxy) is 2. The third-order valence-corrected chi connectivity index (χ3v) is 7.81. The summed E-state index contributed by atoms with van der Waals surface area (Å²) in [5.41, 5.74) is 7.61. The lowest BCUT2D eigenvalue weighted by Crippen LogP contribution is -2.38. The first kappa shape index (κ1) is 27.5. The molecule has 6 atom stereocenters. The molecule has 0 radical (unpaired) electrons. The molecule has 3 rings (SSSR count). The van der Waals surface area contributed by atoms with E-state index >= 15 is 0 Å². The summed E-state index contributed by atoms with van der Waals surface area (Å²) in [6.45, 7) is 5.41. The number of aliphatic hydroxyl groups excluding tert-OH is 2. The molecule has 35 heavy (non-hydrogen) atoms. The minimum atomic E-state index is -0.974. The second kappa shape index (κ2) is 12.7. The summed E-state index contributed by atoms with van der Waals surface area (Å²) in [5, 5.41) is 21.2. The Kier molecular flexibility index (Phi) is 9.99. The van der Waals surface area contributed by atoms with Crippen molar-refractivity contribution < 1.29 is 29.3 Å². The van der Waals surface area contributed by atoms with Crippen molar-refractivity contribution in [3.05, 3.63) is 29.3 Å². The smallest absolute Gasteiger partial charge is 0.344 e. The van der Waals surface area contributed by atoms with Crippen LogP contribution in [0.15, 0.2) is 18.2 Å². The predicted octanol–water partition coefficient (Wildman–Crippen LogP) is 3.55. The van der Waals surface area contributed by atoms with Gasteiger partial charge >= 0.3 is 5.97 Å². The highest BCUT2D eigenvalue weighted by atomic mass is 16.6. The minimum Gasteiger partial charge on any atom is -0.482 e. The number of rotatable bonds is 13. The van der Waals surface area contributed by atoms with Crippen LogP contribution >= 0.6 is 0 Å². The highest BCUT2D eigenvalue weighted by Gasteiger charge is 2.44. The third kappa shape index (κ3) is 7.20. The Morgan fingerprint density at radius 3 is 2.63 bits per heavy atom. The van der Waals surface area contributed by atoms with Crippen LogP contribution in [0.5, 0.6) is 5.75 Å². The van der Waals surface area contributed by atoms with Crippen molar-refractivity contribution in [2.24, 2.45) is 29.4 Å². The second-order valence-electron chi connectivity index (χ2n) is 10.8. The van der Waals surface area contributed by atoms with Crippen LogP contribution in [0.2, 0.25) is 0 Å². The topological polar surface area (TPSA) is 119 Å². The molecular weight excluding hydrogens is 446 g/mol. The Morgan fingerprint density at radius 1 is 1.17 bits per heavy atom. The van der Waals surface area contributed by atoms with E-state index in [1.807, 2.05) is 12.1 Å². The maximum atomic E-state index is 12.3. The van der Waals surface area contributed by atoms with Crippen molar-refractivity contribution in [2.45, 2.75) is 96.9 Å². The van der Waals surface area contributed by atoms with Crippen LogP contribution in [0.4, 0.5) is 0 Å². The van der Waals surface area contributed by atoms with E-state index in [9.17, 15) is 19.8 Å². The largest absolute Gasteiger partial charge is 0.482 e. The molecule has 0 bridgehead atoms. The molecule has 7 heteroatoms. The number of amides is 1. The van der Waals surface area contributed by atoms with Gasteiger partial charge in [0.15, 0.2) is 12.7 Å². The molecule has 7 nitrogen and oxygen atoms in total. The molecule has 1 aromatic carbocycles. The summed E-state index contributed by atoms with van der Waals surface area (Å²) in [4.78, 5) is 23.8. The summed E-state index contributed by atoms with van der Waals surface area (Å²) < 4.78 is 11.1. The second-order valence-corrected chi connectivity index (χ2v) is 10.8. The fourth-order valence-corrected chi connectivity index (χ4v) is 5.93. The van der Waals surface area contributed by atoms with Crippen LogP contribution in [0.3, 0.4) is 0 Å². The SMILES string of the molecule is CCCCCC(O)CCC1C(O)CC2Cc3c(cccc3OCC(=O)OC(C(N)=O)C(C)C)CC21. The minimum absolute atomic E-state index is 0.204. The van der Waals surface area contributed by atoms with Gasteiger partial charge in [-0.25, -0.2) is 4.79 Å². The number of unbranched alkanes of at least 4 members (excludes halogenated alkanes) is 2. The number of hydrogen-bond acceptors (Lipinski definition) is 6. The van der Waals surface area contributed by atoms with Gasteiger partial charge in [-0.15, -0.1) is 0 Å². The summed E-state index contributed by atoms with van der Waals surface area (Å²) in [7, 11) is 0. The van der Waals surface area contributed by atoms with Crippen molar-refractivity contribution in [3.63, 3.8) is 0 Å². The maximum Gasteiger partial charge on any atom is 0.344 e. The normalized spacial score (nSPS) is 25.0. The van der Waals surface area contributed by atoms with Gasteiger partial charge in [0.2, 0.25) is 0 Å². The van der Waals surface area contributed by atoms with Crippen molar-refractivity contribution in [1.82, 2.24) is 0 Å². The van der Waals surface area contributed by atoms with Crippen LogP contribution in [0.25, 0.3) is 0 Å². The first-order valence-corrected chi connectivity index (χ1v) is 13.3. The van der Waals surface area contributed by atoms with Crippen molar-refractivity contribution in [2.75, 3.05) is 6.61 Å². The third-order valence-electron chi connectivity index (χ3n) is 7.81. The zero-order valence-electron chi connectivity index (χ0n) is 21.4. The molecule has 1 amide bonds. The molecule has 2 aliphatic rings. The summed E-state index contributed by atoms with van der Waals surface area (Å²) in [6.07, 6.45) is 6.61. The highest BCUT2D eigenvalue weighted by molar-refractivity contribution is 5.82. The number of benzene rings is 1. The quantitative estimate of drug-likeness (QED) is 0.288. The lowest BCUT2D eigenvalue weighted by molar-refractivity contribution is -0.159. The predicted molar refractivity (Wildman–Crippen MR) is 134 cm³/mol. The summed E-state index contributed by atoms with van der Waals surface area (Å²) in [6, 6.07) is 5.88. The Labute approximate surface area is 209 Å². The zero-order valence-corrected chi connectivity index (χ0v) is 21.4. The van der Waals surface area contributed by atoms with E-state index in [1.54, 1.807) is 13.8 Å². The van der Waals surface area contributed by atoms with Crippen LogP contribution in [0.1, 0.15) is 76.8 Å². The molecule has 4 N–H and O–H groups in total. The fraction of sp³-hybridized carbons (Fsp3) is 0.714. The molecule has 0 saturated heterocycles. The molecule has 2 aliphatic carbocycles. The molecule has 1 aromatic rings. The molecule has 0 aliphatic heterocycles. The van der Waals surface area contributed by atoms with Gasteiger partial charge in [0.1, 0.15) is 5.75 Å². The van der Waals surface area contributed by atoms with E-state index < -0.39 is 18.0 Å². The maximum absolute atomic E-state index is 12.3. The van der Waals surface area contributed by atoms with Crippen LogP contribution in [0, 0.1) is 23.7 Å². The number of hydrogen-bond donors (Lipinski definition) is 3. The van der Waals surface area contributed by atoms with Gasteiger partial charge in [-0.1, -0.05) is 52.2 Å². The van der Waals surface area contributed by atoms with E-state index in [1.165, 1.54) is 5.56 Å².